The topological polar surface area (TPSA) is 62.3 Å². The maximum atomic E-state index is 7.35. The molecule has 4 heteroatoms. The second-order valence-electron chi connectivity index (χ2n) is 4.72. The van der Waals surface area contributed by atoms with Crippen molar-refractivity contribution in [1.29, 1.82) is 5.41 Å². The molecule has 1 aliphatic carbocycles. The first-order chi connectivity index (χ1) is 7.18. The molecule has 0 amide bonds. The van der Waals surface area contributed by atoms with Crippen LogP contribution in [0.5, 0.6) is 0 Å². The van der Waals surface area contributed by atoms with Crippen molar-refractivity contribution < 1.29 is 4.74 Å². The molecule has 0 spiro atoms. The van der Waals surface area contributed by atoms with Gasteiger partial charge in [0, 0.05) is 25.0 Å². The van der Waals surface area contributed by atoms with Crippen LogP contribution in [0.25, 0.3) is 0 Å². The predicted molar refractivity (Wildman–Crippen MR) is 60.1 cm³/mol. The van der Waals surface area contributed by atoms with E-state index in [9.17, 15) is 0 Å². The molecule has 2 rings (SSSR count). The molecule has 3 unspecified atom stereocenters. The number of nitrogens with one attached hydrogen (secondary N) is 1. The number of rotatable bonds is 3. The van der Waals surface area contributed by atoms with Crippen molar-refractivity contribution in [2.75, 3.05) is 13.2 Å². The zero-order valence-electron chi connectivity index (χ0n) is 9.41. The lowest BCUT2D eigenvalue weighted by Gasteiger charge is -2.41. The molecule has 2 aliphatic rings. The van der Waals surface area contributed by atoms with Crippen LogP contribution in [0.3, 0.4) is 0 Å². The number of hydrogen-bond acceptors (Lipinski definition) is 3. The smallest absolute Gasteiger partial charge is 0.0920 e. The number of fused-ring (bicyclic) bond motifs is 1. The number of amidine groups is 1. The molecule has 3 atom stereocenters. The SMILES string of the molecule is CC(CC(=N)N)N1CCOC2CCCC21. The van der Waals surface area contributed by atoms with Crippen LogP contribution >= 0.6 is 0 Å². The van der Waals surface area contributed by atoms with E-state index in [1.54, 1.807) is 0 Å². The van der Waals surface area contributed by atoms with Crippen LogP contribution in [0.15, 0.2) is 0 Å². The maximum Gasteiger partial charge on any atom is 0.0920 e. The Labute approximate surface area is 91.3 Å². The Kier molecular flexibility index (Phi) is 3.26. The summed E-state index contributed by atoms with van der Waals surface area (Å²) < 4.78 is 5.76. The Hall–Kier alpha value is -0.610. The maximum absolute atomic E-state index is 7.35. The summed E-state index contributed by atoms with van der Waals surface area (Å²) in [4.78, 5) is 2.49. The molecule has 15 heavy (non-hydrogen) atoms. The van der Waals surface area contributed by atoms with Crippen LogP contribution in [0.4, 0.5) is 0 Å². The summed E-state index contributed by atoms with van der Waals surface area (Å²) in [5.41, 5.74) is 5.46. The van der Waals surface area contributed by atoms with Gasteiger partial charge < -0.3 is 10.5 Å². The van der Waals surface area contributed by atoms with Crippen molar-refractivity contribution in [3.8, 4) is 0 Å². The standard InChI is InChI=1S/C11H21N3O/c1-8(7-11(12)13)14-5-6-15-10-4-2-3-9(10)14/h8-10H,2-7H2,1H3,(H3,12,13). The van der Waals surface area contributed by atoms with E-state index in [0.717, 1.165) is 13.2 Å². The Morgan fingerprint density at radius 3 is 3.13 bits per heavy atom. The van der Waals surface area contributed by atoms with Crippen molar-refractivity contribution >= 4 is 5.84 Å². The summed E-state index contributed by atoms with van der Waals surface area (Å²) >= 11 is 0. The molecule has 0 aromatic carbocycles. The van der Waals surface area contributed by atoms with E-state index in [4.69, 9.17) is 15.9 Å². The third-order valence-electron chi connectivity index (χ3n) is 3.61. The van der Waals surface area contributed by atoms with Gasteiger partial charge in [0.2, 0.25) is 0 Å². The van der Waals surface area contributed by atoms with Gasteiger partial charge >= 0.3 is 0 Å². The molecule has 1 saturated carbocycles. The second-order valence-corrected chi connectivity index (χ2v) is 4.72. The number of nitrogens with zero attached hydrogens (tertiary/aromatic N) is 1. The Morgan fingerprint density at radius 1 is 1.60 bits per heavy atom. The third kappa shape index (κ3) is 2.32. The molecule has 3 N–H and O–H groups in total. The highest BCUT2D eigenvalue weighted by atomic mass is 16.5. The average molecular weight is 211 g/mol. The highest BCUT2D eigenvalue weighted by molar-refractivity contribution is 5.77. The van der Waals surface area contributed by atoms with E-state index < -0.39 is 0 Å². The minimum Gasteiger partial charge on any atom is -0.388 e. The molecule has 86 valence electrons. The third-order valence-corrected chi connectivity index (χ3v) is 3.61. The Bertz CT molecular complexity index is 244. The van der Waals surface area contributed by atoms with E-state index in [-0.39, 0.29) is 0 Å². The summed E-state index contributed by atoms with van der Waals surface area (Å²) in [5.74, 6) is 0.295. The van der Waals surface area contributed by atoms with Gasteiger partial charge in [-0.25, -0.2) is 0 Å². The molecule has 2 fully saturated rings. The van der Waals surface area contributed by atoms with Crippen molar-refractivity contribution in [2.45, 2.75) is 50.8 Å². The van der Waals surface area contributed by atoms with E-state index in [2.05, 4.69) is 11.8 Å². The highest BCUT2D eigenvalue weighted by Crippen LogP contribution is 2.31. The second kappa shape index (κ2) is 4.49. The van der Waals surface area contributed by atoms with Crippen molar-refractivity contribution in [3.63, 3.8) is 0 Å². The molecule has 1 aliphatic heterocycles. The lowest BCUT2D eigenvalue weighted by atomic mass is 10.1. The minimum absolute atomic E-state index is 0.295. The molecule has 1 heterocycles. The zero-order valence-corrected chi connectivity index (χ0v) is 9.41. The fourth-order valence-electron chi connectivity index (χ4n) is 2.94. The number of hydrogen-bond donors (Lipinski definition) is 2. The molecule has 0 aromatic heterocycles. The number of ether oxygens (including phenoxy) is 1. The monoisotopic (exact) mass is 211 g/mol. The summed E-state index contributed by atoms with van der Waals surface area (Å²) in [6.45, 7) is 4.00. The molecule has 0 radical (unpaired) electrons. The molecule has 0 aromatic rings. The van der Waals surface area contributed by atoms with Crippen LogP contribution in [-0.2, 0) is 4.74 Å². The normalized spacial score (nSPS) is 33.7. The van der Waals surface area contributed by atoms with E-state index in [1.807, 2.05) is 0 Å². The first kappa shape index (κ1) is 10.9. The van der Waals surface area contributed by atoms with Crippen molar-refractivity contribution in [1.82, 2.24) is 4.90 Å². The van der Waals surface area contributed by atoms with Gasteiger partial charge in [0.25, 0.3) is 0 Å². The molecular weight excluding hydrogens is 190 g/mol. The molecule has 1 saturated heterocycles. The van der Waals surface area contributed by atoms with Gasteiger partial charge in [-0.2, -0.15) is 0 Å². The van der Waals surface area contributed by atoms with Gasteiger partial charge in [0.1, 0.15) is 0 Å². The van der Waals surface area contributed by atoms with Gasteiger partial charge in [-0.05, 0) is 26.2 Å². The zero-order chi connectivity index (χ0) is 10.8. The van der Waals surface area contributed by atoms with Gasteiger partial charge in [-0.1, -0.05) is 0 Å². The highest BCUT2D eigenvalue weighted by Gasteiger charge is 2.37. The van der Waals surface area contributed by atoms with Gasteiger partial charge in [-0.3, -0.25) is 10.3 Å². The minimum atomic E-state index is 0.295. The largest absolute Gasteiger partial charge is 0.388 e. The van der Waals surface area contributed by atoms with Gasteiger partial charge in [0.05, 0.1) is 18.5 Å². The summed E-state index contributed by atoms with van der Waals surface area (Å²) in [6.07, 6.45) is 4.84. The average Bonchev–Trinajstić information content (AvgIpc) is 2.63. The predicted octanol–water partition coefficient (Wildman–Crippen LogP) is 0.954. The van der Waals surface area contributed by atoms with Gasteiger partial charge in [-0.15, -0.1) is 0 Å². The summed E-state index contributed by atoms with van der Waals surface area (Å²) in [7, 11) is 0. The van der Waals surface area contributed by atoms with Crippen molar-refractivity contribution in [2.24, 2.45) is 5.73 Å². The van der Waals surface area contributed by atoms with Gasteiger partial charge in [0.15, 0.2) is 0 Å². The number of morpholine rings is 1. The fourth-order valence-corrected chi connectivity index (χ4v) is 2.94. The summed E-state index contributed by atoms with van der Waals surface area (Å²) in [5, 5.41) is 7.35. The van der Waals surface area contributed by atoms with E-state index in [0.29, 0.717) is 30.4 Å². The summed E-state index contributed by atoms with van der Waals surface area (Å²) in [6, 6.07) is 0.963. The van der Waals surface area contributed by atoms with Crippen molar-refractivity contribution in [3.05, 3.63) is 0 Å². The Morgan fingerprint density at radius 2 is 2.40 bits per heavy atom. The van der Waals surface area contributed by atoms with Crippen LogP contribution in [0.2, 0.25) is 0 Å². The van der Waals surface area contributed by atoms with E-state index >= 15 is 0 Å². The first-order valence-electron chi connectivity index (χ1n) is 5.88. The Balaban J connectivity index is 1.97. The van der Waals surface area contributed by atoms with Crippen LogP contribution in [0.1, 0.15) is 32.6 Å². The fraction of sp³-hybridized carbons (Fsp3) is 0.909. The molecule has 4 nitrogen and oxygen atoms in total. The first-order valence-corrected chi connectivity index (χ1v) is 5.88. The van der Waals surface area contributed by atoms with Crippen LogP contribution in [-0.4, -0.2) is 42.1 Å². The quantitative estimate of drug-likeness (QED) is 0.540. The lowest BCUT2D eigenvalue weighted by molar-refractivity contribution is -0.0681. The van der Waals surface area contributed by atoms with Crippen LogP contribution in [0, 0.1) is 5.41 Å². The lowest BCUT2D eigenvalue weighted by Crippen LogP contribution is -2.52. The van der Waals surface area contributed by atoms with E-state index in [1.165, 1.54) is 19.3 Å². The molecular formula is C11H21N3O. The molecule has 0 bridgehead atoms. The number of nitrogens with two attached hydrogens (primary N) is 1. The van der Waals surface area contributed by atoms with Crippen LogP contribution < -0.4 is 5.73 Å².